The Morgan fingerprint density at radius 3 is 2.04 bits per heavy atom. The number of nitrogens with zero attached hydrogens (tertiary/aromatic N) is 2. The number of para-hydroxylation sites is 1. The van der Waals surface area contributed by atoms with Crippen molar-refractivity contribution < 1.29 is 15.2 Å². The SMILES string of the molecule is CCC1=C(C)N(O)C(C)=C(CC)C1(O)c1ccccc1[N+](=O)[O-]. The van der Waals surface area contributed by atoms with Gasteiger partial charge in [0.05, 0.1) is 10.5 Å². The molecule has 0 fully saturated rings. The fraction of sp³-hybridized carbons (Fsp3) is 0.412. The Labute approximate surface area is 135 Å². The quantitative estimate of drug-likeness (QED) is 0.650. The largest absolute Gasteiger partial charge is 0.376 e. The molecule has 0 spiro atoms. The molecule has 1 aliphatic rings. The van der Waals surface area contributed by atoms with Gasteiger partial charge < -0.3 is 5.11 Å². The minimum absolute atomic E-state index is 0.126. The topological polar surface area (TPSA) is 86.8 Å². The van der Waals surface area contributed by atoms with Crippen molar-refractivity contribution in [3.63, 3.8) is 0 Å². The highest BCUT2D eigenvalue weighted by molar-refractivity contribution is 5.56. The average Bonchev–Trinajstić information content (AvgIpc) is 2.53. The van der Waals surface area contributed by atoms with E-state index in [9.17, 15) is 20.4 Å². The zero-order valence-corrected chi connectivity index (χ0v) is 13.8. The summed E-state index contributed by atoms with van der Waals surface area (Å²) >= 11 is 0. The van der Waals surface area contributed by atoms with Crippen LogP contribution in [0.2, 0.25) is 0 Å². The second kappa shape index (κ2) is 6.14. The zero-order chi connectivity index (χ0) is 17.4. The fourth-order valence-electron chi connectivity index (χ4n) is 3.50. The second-order valence-electron chi connectivity index (χ2n) is 5.63. The maximum atomic E-state index is 11.6. The molecule has 6 nitrogen and oxygen atoms in total. The minimum atomic E-state index is -1.58. The second-order valence-corrected chi connectivity index (χ2v) is 5.63. The summed E-state index contributed by atoms with van der Waals surface area (Å²) in [7, 11) is 0. The summed E-state index contributed by atoms with van der Waals surface area (Å²) in [4.78, 5) is 10.9. The van der Waals surface area contributed by atoms with E-state index in [1.165, 1.54) is 6.07 Å². The van der Waals surface area contributed by atoms with E-state index in [0.29, 0.717) is 35.4 Å². The minimum Gasteiger partial charge on any atom is -0.376 e. The number of allylic oxidation sites excluding steroid dienone is 2. The van der Waals surface area contributed by atoms with Crippen LogP contribution < -0.4 is 0 Å². The summed E-state index contributed by atoms with van der Waals surface area (Å²) in [5.74, 6) is 0. The van der Waals surface area contributed by atoms with Gasteiger partial charge in [-0.2, -0.15) is 0 Å². The zero-order valence-electron chi connectivity index (χ0n) is 13.8. The molecule has 1 aromatic carbocycles. The molecule has 1 heterocycles. The van der Waals surface area contributed by atoms with Gasteiger partial charge in [0.2, 0.25) is 0 Å². The Balaban J connectivity index is 2.86. The van der Waals surface area contributed by atoms with Gasteiger partial charge in [-0.05, 0) is 43.9 Å². The van der Waals surface area contributed by atoms with Crippen molar-refractivity contribution in [1.29, 1.82) is 0 Å². The molecule has 0 bridgehead atoms. The molecule has 1 aliphatic heterocycles. The Bertz CT molecular complexity index is 678. The van der Waals surface area contributed by atoms with Crippen LogP contribution in [0.1, 0.15) is 46.1 Å². The van der Waals surface area contributed by atoms with E-state index in [0.717, 1.165) is 5.06 Å². The number of benzene rings is 1. The third-order valence-corrected chi connectivity index (χ3v) is 4.58. The van der Waals surface area contributed by atoms with Crippen molar-refractivity contribution in [2.75, 3.05) is 0 Å². The molecule has 1 aromatic rings. The molecule has 0 amide bonds. The van der Waals surface area contributed by atoms with Crippen LogP contribution in [0, 0.1) is 10.1 Å². The Kier molecular flexibility index (Phi) is 4.58. The first-order chi connectivity index (χ1) is 10.8. The third-order valence-electron chi connectivity index (χ3n) is 4.58. The molecule has 0 aromatic heterocycles. The molecule has 0 unspecified atom stereocenters. The van der Waals surface area contributed by atoms with Crippen LogP contribution in [-0.2, 0) is 5.60 Å². The molecule has 0 aliphatic carbocycles. The maximum absolute atomic E-state index is 11.6. The lowest BCUT2D eigenvalue weighted by Crippen LogP contribution is -2.40. The van der Waals surface area contributed by atoms with E-state index in [1.54, 1.807) is 32.0 Å². The van der Waals surface area contributed by atoms with Gasteiger partial charge >= 0.3 is 0 Å². The van der Waals surface area contributed by atoms with Crippen molar-refractivity contribution >= 4 is 5.69 Å². The monoisotopic (exact) mass is 318 g/mol. The van der Waals surface area contributed by atoms with Crippen LogP contribution in [-0.4, -0.2) is 20.3 Å². The van der Waals surface area contributed by atoms with E-state index in [4.69, 9.17) is 0 Å². The molecule has 2 rings (SSSR count). The van der Waals surface area contributed by atoms with Gasteiger partial charge in [0.25, 0.3) is 5.69 Å². The first-order valence-corrected chi connectivity index (χ1v) is 7.66. The molecule has 0 atom stereocenters. The van der Waals surface area contributed by atoms with Crippen LogP contribution in [0.15, 0.2) is 46.8 Å². The van der Waals surface area contributed by atoms with Gasteiger partial charge in [-0.1, -0.05) is 26.0 Å². The Morgan fingerprint density at radius 2 is 1.61 bits per heavy atom. The van der Waals surface area contributed by atoms with Gasteiger partial charge in [0.1, 0.15) is 5.60 Å². The van der Waals surface area contributed by atoms with Crippen LogP contribution in [0.5, 0.6) is 0 Å². The standard InChI is InChI=1S/C17H22N2O4/c1-5-13-11(3)18(21)12(4)14(6-2)17(13,20)15-9-7-8-10-16(15)19(22)23/h7-10,20-21H,5-6H2,1-4H3. The number of nitro benzene ring substituents is 1. The lowest BCUT2D eigenvalue weighted by molar-refractivity contribution is -0.386. The highest BCUT2D eigenvalue weighted by atomic mass is 16.6. The van der Waals surface area contributed by atoms with Crippen molar-refractivity contribution in [2.45, 2.75) is 46.1 Å². The van der Waals surface area contributed by atoms with Crippen LogP contribution in [0.4, 0.5) is 5.69 Å². The summed E-state index contributed by atoms with van der Waals surface area (Å²) < 4.78 is 0. The summed E-state index contributed by atoms with van der Waals surface area (Å²) in [5, 5.41) is 34.4. The first kappa shape index (κ1) is 17.2. The molecule has 124 valence electrons. The first-order valence-electron chi connectivity index (χ1n) is 7.66. The molecule has 0 saturated carbocycles. The number of hydrogen-bond donors (Lipinski definition) is 2. The molecule has 2 N–H and O–H groups in total. The Hall–Kier alpha value is -2.18. The maximum Gasteiger partial charge on any atom is 0.276 e. The van der Waals surface area contributed by atoms with Crippen LogP contribution in [0.3, 0.4) is 0 Å². The van der Waals surface area contributed by atoms with Gasteiger partial charge in [-0.25, -0.2) is 5.06 Å². The number of nitro groups is 1. The lowest BCUT2D eigenvalue weighted by atomic mass is 9.73. The van der Waals surface area contributed by atoms with Crippen molar-refractivity contribution in [2.24, 2.45) is 0 Å². The highest BCUT2D eigenvalue weighted by Crippen LogP contribution is 2.49. The van der Waals surface area contributed by atoms with Crippen molar-refractivity contribution in [3.05, 3.63) is 62.5 Å². The van der Waals surface area contributed by atoms with Crippen molar-refractivity contribution in [1.82, 2.24) is 5.06 Å². The van der Waals surface area contributed by atoms with E-state index >= 15 is 0 Å². The Morgan fingerprint density at radius 1 is 1.13 bits per heavy atom. The normalized spacial score (nSPS) is 17.7. The molecule has 6 heteroatoms. The summed E-state index contributed by atoms with van der Waals surface area (Å²) in [6, 6.07) is 6.23. The highest BCUT2D eigenvalue weighted by Gasteiger charge is 2.46. The van der Waals surface area contributed by atoms with Crippen molar-refractivity contribution in [3.8, 4) is 0 Å². The molecular formula is C17H22N2O4. The van der Waals surface area contributed by atoms with Crippen LogP contribution in [0.25, 0.3) is 0 Å². The molecule has 0 radical (unpaired) electrons. The van der Waals surface area contributed by atoms with E-state index in [1.807, 2.05) is 13.8 Å². The fourth-order valence-corrected chi connectivity index (χ4v) is 3.50. The lowest BCUT2D eigenvalue weighted by Gasteiger charge is -2.41. The predicted octanol–water partition coefficient (Wildman–Crippen LogP) is 3.86. The predicted molar refractivity (Wildman–Crippen MR) is 86.6 cm³/mol. The van der Waals surface area contributed by atoms with E-state index in [2.05, 4.69) is 0 Å². The van der Waals surface area contributed by atoms with Crippen LogP contribution >= 0.6 is 0 Å². The third kappa shape index (κ3) is 2.44. The van der Waals surface area contributed by atoms with E-state index < -0.39 is 10.5 Å². The van der Waals surface area contributed by atoms with Gasteiger partial charge in [-0.3, -0.25) is 15.3 Å². The number of hydroxylamine groups is 2. The molecular weight excluding hydrogens is 296 g/mol. The number of hydrogen-bond acceptors (Lipinski definition) is 5. The summed E-state index contributed by atoms with van der Waals surface area (Å²) in [6.07, 6.45) is 0.921. The van der Waals surface area contributed by atoms with Gasteiger partial charge in [-0.15, -0.1) is 0 Å². The molecule has 0 saturated heterocycles. The average molecular weight is 318 g/mol. The number of rotatable bonds is 4. The molecule has 23 heavy (non-hydrogen) atoms. The summed E-state index contributed by atoms with van der Waals surface area (Å²) in [6.45, 7) is 7.13. The smallest absolute Gasteiger partial charge is 0.276 e. The van der Waals surface area contributed by atoms with E-state index in [-0.39, 0.29) is 11.3 Å². The number of aliphatic hydroxyl groups is 1. The van der Waals surface area contributed by atoms with Gasteiger partial charge in [0.15, 0.2) is 0 Å². The summed E-state index contributed by atoms with van der Waals surface area (Å²) in [5.41, 5.74) is 0.671. The van der Waals surface area contributed by atoms with Gasteiger partial charge in [0, 0.05) is 17.5 Å².